The van der Waals surface area contributed by atoms with E-state index in [1.807, 2.05) is 0 Å². The van der Waals surface area contributed by atoms with Gasteiger partial charge in [-0.2, -0.15) is 0 Å². The van der Waals surface area contributed by atoms with Gasteiger partial charge in [-0.25, -0.2) is 9.18 Å². The van der Waals surface area contributed by atoms with Crippen LogP contribution in [0.5, 0.6) is 5.75 Å². The Kier molecular flexibility index (Phi) is 6.87. The number of alkyl halides is 3. The Balaban J connectivity index is 1.15. The molecular formula is C25H22F4N4O6. The van der Waals surface area contributed by atoms with Crippen molar-refractivity contribution in [1.82, 2.24) is 20.5 Å². The number of nitrogens with one attached hydrogen (secondary N) is 2. The summed E-state index contributed by atoms with van der Waals surface area (Å²) in [5.74, 6) is -3.35. The van der Waals surface area contributed by atoms with E-state index in [-0.39, 0.29) is 42.1 Å². The minimum Gasteiger partial charge on any atom is -0.445 e. The van der Waals surface area contributed by atoms with Crippen LogP contribution in [-0.2, 0) is 27.5 Å². The Morgan fingerprint density at radius 1 is 1.18 bits per heavy atom. The molecule has 10 nitrogen and oxygen atoms in total. The second-order valence-electron chi connectivity index (χ2n) is 9.49. The fraction of sp³-hybridized carbons (Fsp3) is 0.400. The zero-order valence-corrected chi connectivity index (χ0v) is 20.2. The molecule has 3 heterocycles. The maximum absolute atomic E-state index is 15.2. The van der Waals surface area contributed by atoms with Gasteiger partial charge in [0.25, 0.3) is 5.91 Å². The maximum Gasteiger partial charge on any atom is 0.573 e. The van der Waals surface area contributed by atoms with Crippen molar-refractivity contribution >= 4 is 23.8 Å². The van der Waals surface area contributed by atoms with E-state index in [4.69, 9.17) is 4.74 Å². The van der Waals surface area contributed by atoms with Crippen molar-refractivity contribution in [3.05, 3.63) is 58.7 Å². The normalized spacial score (nSPS) is 22.6. The Hall–Kier alpha value is -4.23. The second-order valence-corrected chi connectivity index (χ2v) is 9.49. The van der Waals surface area contributed by atoms with Gasteiger partial charge in [-0.15, -0.1) is 13.2 Å². The summed E-state index contributed by atoms with van der Waals surface area (Å²) in [6, 6.07) is 4.12. The topological polar surface area (TPSA) is 127 Å². The van der Waals surface area contributed by atoms with Crippen molar-refractivity contribution in [3.63, 3.8) is 0 Å². The van der Waals surface area contributed by atoms with Gasteiger partial charge in [-0.1, -0.05) is 12.1 Å². The van der Waals surface area contributed by atoms with Gasteiger partial charge in [0.05, 0.1) is 11.3 Å². The molecule has 1 aliphatic carbocycles. The van der Waals surface area contributed by atoms with Crippen molar-refractivity contribution in [2.75, 3.05) is 0 Å². The molecule has 5 rings (SSSR count). The quantitative estimate of drug-likeness (QED) is 0.418. The first-order chi connectivity index (χ1) is 18.5. The van der Waals surface area contributed by atoms with Crippen LogP contribution in [0.3, 0.4) is 0 Å². The molecule has 4 amide bonds. The van der Waals surface area contributed by atoms with Crippen molar-refractivity contribution in [3.8, 4) is 5.75 Å². The van der Waals surface area contributed by atoms with Crippen LogP contribution >= 0.6 is 0 Å². The van der Waals surface area contributed by atoms with Crippen LogP contribution in [-0.4, -0.2) is 52.1 Å². The maximum atomic E-state index is 15.2. The molecule has 2 aliphatic heterocycles. The number of pyridine rings is 1. The number of hydrogen-bond acceptors (Lipinski definition) is 7. The van der Waals surface area contributed by atoms with Crippen molar-refractivity contribution in [1.29, 1.82) is 0 Å². The first-order valence-electron chi connectivity index (χ1n) is 12.1. The number of hydrogen-bond donors (Lipinski definition) is 2. The van der Waals surface area contributed by atoms with Gasteiger partial charge in [0.1, 0.15) is 18.5 Å². The number of rotatable bonds is 6. The number of amides is 4. The lowest BCUT2D eigenvalue weighted by molar-refractivity contribution is -0.275. The van der Waals surface area contributed by atoms with Crippen LogP contribution in [0.4, 0.5) is 22.4 Å². The zero-order chi connectivity index (χ0) is 27.9. The highest BCUT2D eigenvalue weighted by atomic mass is 19.4. The third-order valence-corrected chi connectivity index (χ3v) is 6.94. The molecule has 1 atom stereocenters. The molecule has 1 aromatic carbocycles. The summed E-state index contributed by atoms with van der Waals surface area (Å²) in [6.45, 7) is -0.468. The number of carbonyl (C=O) groups is 4. The summed E-state index contributed by atoms with van der Waals surface area (Å²) in [7, 11) is 0. The SMILES string of the molecule is O=C1CCC(N2Cc3ccc(COC(=O)NC4CC(c5ncccc5OC(F)(F)F)C4)c(F)c3C2=O)C(=O)N1. The van der Waals surface area contributed by atoms with Gasteiger partial charge in [-0.3, -0.25) is 24.7 Å². The highest BCUT2D eigenvalue weighted by molar-refractivity contribution is 6.05. The predicted octanol–water partition coefficient (Wildman–Crippen LogP) is 3.05. The van der Waals surface area contributed by atoms with E-state index < -0.39 is 60.4 Å². The van der Waals surface area contributed by atoms with Crippen LogP contribution in [0.2, 0.25) is 0 Å². The van der Waals surface area contributed by atoms with E-state index >= 15 is 4.39 Å². The van der Waals surface area contributed by atoms with Crippen LogP contribution in [0.1, 0.15) is 58.8 Å². The number of fused-ring (bicyclic) bond motifs is 1. The minimum atomic E-state index is -4.86. The molecule has 0 bridgehead atoms. The standard InChI is InChI=1S/C25H22F4N4O6/c26-20-13(4-3-12-10-33(23(36)19(12)20)16-5-6-18(34)32-22(16)35)11-38-24(37)31-15-8-14(9-15)21-17(2-1-7-30-21)39-25(27,28)29/h1-4,7,14-16H,5-6,8-11H2,(H,31,37)(H,32,34,35). The number of halogens is 4. The molecule has 0 radical (unpaired) electrons. The second kappa shape index (κ2) is 10.2. The van der Waals surface area contributed by atoms with Gasteiger partial charge < -0.3 is 19.7 Å². The summed E-state index contributed by atoms with van der Waals surface area (Å²) in [5.41, 5.74) is 0.253. The lowest BCUT2D eigenvalue weighted by Gasteiger charge is -2.35. The summed E-state index contributed by atoms with van der Waals surface area (Å²) >= 11 is 0. The van der Waals surface area contributed by atoms with E-state index in [1.54, 1.807) is 0 Å². The highest BCUT2D eigenvalue weighted by Gasteiger charge is 2.41. The zero-order valence-electron chi connectivity index (χ0n) is 20.2. The number of ether oxygens (including phenoxy) is 2. The monoisotopic (exact) mass is 550 g/mol. The number of alkyl carbamates (subject to hydrolysis) is 1. The summed E-state index contributed by atoms with van der Waals surface area (Å²) in [4.78, 5) is 53.9. The molecular weight excluding hydrogens is 528 g/mol. The molecule has 39 heavy (non-hydrogen) atoms. The molecule has 1 aromatic heterocycles. The highest BCUT2D eigenvalue weighted by Crippen LogP contribution is 2.41. The van der Waals surface area contributed by atoms with Gasteiger partial charge >= 0.3 is 12.5 Å². The fourth-order valence-corrected chi connectivity index (χ4v) is 4.99. The van der Waals surface area contributed by atoms with Gasteiger partial charge in [0, 0.05) is 36.7 Å². The summed E-state index contributed by atoms with van der Waals surface area (Å²) in [6.07, 6.45) is -3.55. The average Bonchev–Trinajstić information content (AvgIpc) is 3.17. The minimum absolute atomic E-state index is 0.00777. The van der Waals surface area contributed by atoms with Crippen molar-refractivity contribution in [2.24, 2.45) is 0 Å². The average molecular weight is 550 g/mol. The number of aromatic nitrogens is 1. The summed E-state index contributed by atoms with van der Waals surface area (Å²) in [5, 5.41) is 4.75. The van der Waals surface area contributed by atoms with Crippen molar-refractivity contribution < 1.29 is 46.2 Å². The lowest BCUT2D eigenvalue weighted by atomic mass is 9.77. The third-order valence-electron chi connectivity index (χ3n) is 6.94. The van der Waals surface area contributed by atoms with Crippen LogP contribution in [0.25, 0.3) is 0 Å². The molecule has 1 unspecified atom stereocenters. The molecule has 1 saturated heterocycles. The Morgan fingerprint density at radius 2 is 1.95 bits per heavy atom. The van der Waals surface area contributed by atoms with Gasteiger partial charge in [0.2, 0.25) is 11.8 Å². The van der Waals surface area contributed by atoms with Crippen LogP contribution in [0.15, 0.2) is 30.5 Å². The number of benzene rings is 1. The lowest BCUT2D eigenvalue weighted by Crippen LogP contribution is -2.52. The Bertz CT molecular complexity index is 1340. The van der Waals surface area contributed by atoms with E-state index in [0.29, 0.717) is 18.4 Å². The van der Waals surface area contributed by atoms with Gasteiger partial charge in [0.15, 0.2) is 5.75 Å². The smallest absolute Gasteiger partial charge is 0.445 e. The molecule has 0 spiro atoms. The van der Waals surface area contributed by atoms with Crippen LogP contribution < -0.4 is 15.4 Å². The van der Waals surface area contributed by atoms with E-state index in [2.05, 4.69) is 20.4 Å². The van der Waals surface area contributed by atoms with E-state index in [9.17, 15) is 32.3 Å². The first kappa shape index (κ1) is 26.4. The molecule has 1 saturated carbocycles. The number of nitrogens with zero attached hydrogens (tertiary/aromatic N) is 2. The van der Waals surface area contributed by atoms with E-state index in [0.717, 1.165) is 0 Å². The fourth-order valence-electron chi connectivity index (χ4n) is 4.99. The van der Waals surface area contributed by atoms with Crippen LogP contribution in [0, 0.1) is 5.82 Å². The Morgan fingerprint density at radius 3 is 2.67 bits per heavy atom. The molecule has 2 fully saturated rings. The number of imide groups is 1. The van der Waals surface area contributed by atoms with Gasteiger partial charge in [-0.05, 0) is 37.0 Å². The largest absolute Gasteiger partial charge is 0.573 e. The molecule has 2 N–H and O–H groups in total. The summed E-state index contributed by atoms with van der Waals surface area (Å²) < 4.78 is 62.2. The molecule has 3 aliphatic rings. The number of carbonyl (C=O) groups excluding carboxylic acids is 4. The number of piperidine rings is 1. The molecule has 206 valence electrons. The van der Waals surface area contributed by atoms with E-state index in [1.165, 1.54) is 35.4 Å². The molecule has 14 heteroatoms. The van der Waals surface area contributed by atoms with Crippen molar-refractivity contribution in [2.45, 2.75) is 63.2 Å². The third kappa shape index (κ3) is 5.49. The first-order valence-corrected chi connectivity index (χ1v) is 12.1. The predicted molar refractivity (Wildman–Crippen MR) is 122 cm³/mol. The molecule has 2 aromatic rings. The Labute approximate surface area is 218 Å².